The number of amides is 2. The summed E-state index contributed by atoms with van der Waals surface area (Å²) < 4.78 is 5.59. The van der Waals surface area contributed by atoms with E-state index < -0.39 is 18.2 Å². The number of carbonyl (C=O) groups is 3. The first-order chi connectivity index (χ1) is 15.9. The largest absolute Gasteiger partial charge is 0.479 e. The van der Waals surface area contributed by atoms with Crippen LogP contribution in [-0.4, -0.2) is 53.5 Å². The van der Waals surface area contributed by atoms with E-state index in [1.54, 1.807) is 0 Å². The highest BCUT2D eigenvalue weighted by Gasteiger charge is 2.31. The molecule has 2 aromatic rings. The van der Waals surface area contributed by atoms with Gasteiger partial charge in [-0.1, -0.05) is 48.5 Å². The summed E-state index contributed by atoms with van der Waals surface area (Å²) in [4.78, 5) is 35.0. The second-order valence-corrected chi connectivity index (χ2v) is 8.71. The molecule has 0 aliphatic heterocycles. The summed E-state index contributed by atoms with van der Waals surface area (Å²) in [5.41, 5.74) is 4.67. The van der Waals surface area contributed by atoms with Gasteiger partial charge in [-0.25, -0.2) is 9.59 Å². The van der Waals surface area contributed by atoms with Gasteiger partial charge in [0, 0.05) is 18.4 Å². The van der Waals surface area contributed by atoms with E-state index in [9.17, 15) is 19.5 Å². The second kappa shape index (κ2) is 10.0. The number of hydrogen-bond acceptors (Lipinski definition) is 5. The number of nitrogens with one attached hydrogen (secondary N) is 2. The Bertz CT molecular complexity index is 994. The van der Waals surface area contributed by atoms with Crippen LogP contribution in [0.25, 0.3) is 11.1 Å². The van der Waals surface area contributed by atoms with Gasteiger partial charge in [-0.3, -0.25) is 4.79 Å². The van der Waals surface area contributed by atoms with Crippen molar-refractivity contribution in [3.63, 3.8) is 0 Å². The monoisotopic (exact) mass is 452 g/mol. The molecule has 1 fully saturated rings. The molecule has 0 spiro atoms. The molecule has 0 bridgehead atoms. The first-order valence-electron chi connectivity index (χ1n) is 11.2. The molecular weight excluding hydrogens is 424 g/mol. The Morgan fingerprint density at radius 2 is 1.64 bits per heavy atom. The van der Waals surface area contributed by atoms with Crippen LogP contribution in [-0.2, 0) is 14.3 Å². The smallest absolute Gasteiger partial charge is 0.407 e. The summed E-state index contributed by atoms with van der Waals surface area (Å²) in [5, 5.41) is 23.2. The Morgan fingerprint density at radius 1 is 1.00 bits per heavy atom. The zero-order chi connectivity index (χ0) is 23.4. The number of alkyl carbamates (subject to hydrolysis) is 1. The van der Waals surface area contributed by atoms with Crippen LogP contribution in [0.1, 0.15) is 42.7 Å². The number of rotatable bonds is 8. The summed E-state index contributed by atoms with van der Waals surface area (Å²) in [5.74, 6) is -1.58. The Balaban J connectivity index is 1.24. The average Bonchev–Trinajstić information content (AvgIpc) is 3.37. The number of ether oxygens (including phenoxy) is 1. The second-order valence-electron chi connectivity index (χ2n) is 8.71. The van der Waals surface area contributed by atoms with Crippen LogP contribution in [0.4, 0.5) is 4.79 Å². The normalized spacial score (nSPS) is 19.9. The van der Waals surface area contributed by atoms with Gasteiger partial charge in [0.15, 0.2) is 6.10 Å². The van der Waals surface area contributed by atoms with Crippen LogP contribution in [0.3, 0.4) is 0 Å². The van der Waals surface area contributed by atoms with Crippen LogP contribution < -0.4 is 10.6 Å². The summed E-state index contributed by atoms with van der Waals surface area (Å²) >= 11 is 0. The zero-order valence-electron chi connectivity index (χ0n) is 18.2. The SMILES string of the molecule is O=C(C[C@H]1CC[C@@H](NC(=O)OCC2c3ccccc3-c3ccccc32)C1)NCC(O)C(=O)O. The molecule has 2 amide bonds. The van der Waals surface area contributed by atoms with Crippen LogP contribution in [0, 0.1) is 5.92 Å². The van der Waals surface area contributed by atoms with Crippen LogP contribution in [0.2, 0.25) is 0 Å². The fourth-order valence-electron chi connectivity index (χ4n) is 4.83. The molecule has 2 aliphatic rings. The quantitative estimate of drug-likeness (QED) is 0.488. The molecule has 0 radical (unpaired) electrons. The molecule has 1 unspecified atom stereocenters. The minimum absolute atomic E-state index is 0.00401. The molecule has 174 valence electrons. The summed E-state index contributed by atoms with van der Waals surface area (Å²) in [6.45, 7) is -0.0629. The topological polar surface area (TPSA) is 125 Å². The number of aliphatic hydroxyl groups is 1. The van der Waals surface area contributed by atoms with Gasteiger partial charge in [-0.05, 0) is 47.4 Å². The number of aliphatic carboxylic acids is 1. The van der Waals surface area contributed by atoms with Gasteiger partial charge < -0.3 is 25.6 Å². The third-order valence-electron chi connectivity index (χ3n) is 6.46. The van der Waals surface area contributed by atoms with Gasteiger partial charge in [-0.2, -0.15) is 0 Å². The van der Waals surface area contributed by atoms with E-state index in [0.717, 1.165) is 24.0 Å². The van der Waals surface area contributed by atoms with Gasteiger partial charge in [-0.15, -0.1) is 0 Å². The fourth-order valence-corrected chi connectivity index (χ4v) is 4.83. The van der Waals surface area contributed by atoms with Crippen molar-refractivity contribution in [2.75, 3.05) is 13.2 Å². The lowest BCUT2D eigenvalue weighted by Gasteiger charge is -2.17. The maximum atomic E-state index is 12.5. The van der Waals surface area contributed by atoms with E-state index in [4.69, 9.17) is 9.84 Å². The predicted molar refractivity (Wildman–Crippen MR) is 121 cm³/mol. The number of aliphatic hydroxyl groups excluding tert-OH is 1. The van der Waals surface area contributed by atoms with Crippen molar-refractivity contribution < 1.29 is 29.3 Å². The molecule has 1 saturated carbocycles. The Kier molecular flexibility index (Phi) is 6.93. The first-order valence-corrected chi connectivity index (χ1v) is 11.2. The molecule has 3 atom stereocenters. The van der Waals surface area contributed by atoms with E-state index in [-0.39, 0.29) is 43.4 Å². The maximum absolute atomic E-state index is 12.5. The van der Waals surface area contributed by atoms with Gasteiger partial charge >= 0.3 is 12.1 Å². The van der Waals surface area contributed by atoms with Crippen molar-refractivity contribution >= 4 is 18.0 Å². The highest BCUT2D eigenvalue weighted by atomic mass is 16.5. The first kappa shape index (κ1) is 22.8. The van der Waals surface area contributed by atoms with E-state index in [1.807, 2.05) is 24.3 Å². The third-order valence-corrected chi connectivity index (χ3v) is 6.46. The summed E-state index contributed by atoms with van der Waals surface area (Å²) in [6, 6.07) is 16.3. The van der Waals surface area contributed by atoms with E-state index in [2.05, 4.69) is 34.9 Å². The Hall–Kier alpha value is -3.39. The van der Waals surface area contributed by atoms with Crippen molar-refractivity contribution in [2.45, 2.75) is 43.7 Å². The molecule has 0 heterocycles. The third kappa shape index (κ3) is 5.34. The Morgan fingerprint density at radius 3 is 2.27 bits per heavy atom. The highest BCUT2D eigenvalue weighted by molar-refractivity contribution is 5.79. The van der Waals surface area contributed by atoms with Gasteiger partial charge in [0.25, 0.3) is 0 Å². The van der Waals surface area contributed by atoms with Crippen LogP contribution in [0.5, 0.6) is 0 Å². The standard InChI is InChI=1S/C25H28N2O6/c28-22(24(30)31)13-26-23(29)12-15-9-10-16(11-15)27-25(32)33-14-21-19-7-3-1-5-17(19)18-6-2-4-8-20(18)21/h1-8,15-16,21-22,28H,9-14H2,(H,26,29)(H,27,32)(H,30,31)/t15-,16+,22?/m0/s1. The molecule has 4 N–H and O–H groups in total. The number of carbonyl (C=O) groups excluding carboxylic acids is 2. The molecular formula is C25H28N2O6. The molecule has 0 saturated heterocycles. The summed E-state index contributed by atoms with van der Waals surface area (Å²) in [6.07, 6.45) is 0.342. The van der Waals surface area contributed by atoms with E-state index in [0.29, 0.717) is 6.42 Å². The molecule has 8 nitrogen and oxygen atoms in total. The Labute approximate surface area is 192 Å². The number of fused-ring (bicyclic) bond motifs is 3. The minimum Gasteiger partial charge on any atom is -0.479 e. The fraction of sp³-hybridized carbons (Fsp3) is 0.400. The average molecular weight is 453 g/mol. The molecule has 8 heteroatoms. The van der Waals surface area contributed by atoms with Crippen molar-refractivity contribution in [2.24, 2.45) is 5.92 Å². The summed E-state index contributed by atoms with van der Waals surface area (Å²) in [7, 11) is 0. The molecule has 2 aliphatic carbocycles. The molecule has 4 rings (SSSR count). The minimum atomic E-state index is -1.61. The molecule has 2 aromatic carbocycles. The number of hydrogen-bond donors (Lipinski definition) is 4. The van der Waals surface area contributed by atoms with Gasteiger partial charge in [0.1, 0.15) is 6.61 Å². The highest BCUT2D eigenvalue weighted by Crippen LogP contribution is 2.44. The van der Waals surface area contributed by atoms with Crippen LogP contribution in [0.15, 0.2) is 48.5 Å². The van der Waals surface area contributed by atoms with Crippen molar-refractivity contribution in [1.29, 1.82) is 0 Å². The predicted octanol–water partition coefficient (Wildman–Crippen LogP) is 2.65. The zero-order valence-corrected chi connectivity index (χ0v) is 18.2. The van der Waals surface area contributed by atoms with E-state index in [1.165, 1.54) is 11.1 Å². The van der Waals surface area contributed by atoms with E-state index >= 15 is 0 Å². The van der Waals surface area contributed by atoms with Gasteiger partial charge in [0.2, 0.25) is 5.91 Å². The maximum Gasteiger partial charge on any atom is 0.407 e. The number of carboxylic acids is 1. The lowest BCUT2D eigenvalue weighted by molar-refractivity contribution is -0.146. The van der Waals surface area contributed by atoms with Crippen molar-refractivity contribution in [3.8, 4) is 11.1 Å². The number of benzene rings is 2. The number of carboxylic acid groups (broad SMARTS) is 1. The lowest BCUT2D eigenvalue weighted by Crippen LogP contribution is -2.37. The van der Waals surface area contributed by atoms with Crippen molar-refractivity contribution in [3.05, 3.63) is 59.7 Å². The molecule has 0 aromatic heterocycles. The van der Waals surface area contributed by atoms with Gasteiger partial charge in [0.05, 0.1) is 6.54 Å². The van der Waals surface area contributed by atoms with Crippen molar-refractivity contribution in [1.82, 2.24) is 10.6 Å². The lowest BCUT2D eigenvalue weighted by atomic mass is 9.98. The molecule has 33 heavy (non-hydrogen) atoms. The van der Waals surface area contributed by atoms with Crippen LogP contribution >= 0.6 is 0 Å².